The third-order valence-electron chi connectivity index (χ3n) is 3.88. The number of thiophene rings is 1. The fourth-order valence-electron chi connectivity index (χ4n) is 2.54. The van der Waals surface area contributed by atoms with Crippen molar-refractivity contribution in [3.8, 4) is 0 Å². The van der Waals surface area contributed by atoms with E-state index in [1.165, 1.54) is 17.1 Å². The molecule has 3 rings (SSSR count). The lowest BCUT2D eigenvalue weighted by atomic mass is 10.3. The summed E-state index contributed by atoms with van der Waals surface area (Å²) >= 11 is 1.77. The smallest absolute Gasteiger partial charge is 0.475 e. The second-order valence-electron chi connectivity index (χ2n) is 7.03. The molecule has 0 bridgehead atoms. The van der Waals surface area contributed by atoms with Crippen molar-refractivity contribution in [2.24, 2.45) is 0 Å². The van der Waals surface area contributed by atoms with E-state index in [9.17, 15) is 26.3 Å². The van der Waals surface area contributed by atoms with Gasteiger partial charge in [0.2, 0.25) is 0 Å². The van der Waals surface area contributed by atoms with Gasteiger partial charge in [0.1, 0.15) is 5.82 Å². The number of carboxylic acids is 2. The van der Waals surface area contributed by atoms with Crippen molar-refractivity contribution in [3.05, 3.63) is 40.1 Å². The summed E-state index contributed by atoms with van der Waals surface area (Å²) in [5.74, 6) is -4.31. The zero-order valence-electron chi connectivity index (χ0n) is 17.5. The molecule has 0 spiro atoms. The summed E-state index contributed by atoms with van der Waals surface area (Å²) in [6, 6.07) is 2.21. The summed E-state index contributed by atoms with van der Waals surface area (Å²) in [5, 5.41) is 18.6. The SMILES string of the molecule is CN(C)Cc1cn2c(n1)CN(Cc1ccsc1)CC2.O=C(O)C(F)(F)F.O=C(O)C(F)(F)F. The Bertz CT molecular complexity index is 873. The molecule has 2 aromatic rings. The lowest BCUT2D eigenvalue weighted by molar-refractivity contribution is -0.193. The van der Waals surface area contributed by atoms with Crippen LogP contribution < -0.4 is 0 Å². The fourth-order valence-corrected chi connectivity index (χ4v) is 3.20. The average molecular weight is 504 g/mol. The fraction of sp³-hybridized carbons (Fsp3) is 0.500. The summed E-state index contributed by atoms with van der Waals surface area (Å²) in [6.45, 7) is 5.09. The van der Waals surface area contributed by atoms with Crippen LogP contribution in [0.1, 0.15) is 17.1 Å². The Morgan fingerprint density at radius 3 is 2.06 bits per heavy atom. The van der Waals surface area contributed by atoms with Crippen molar-refractivity contribution < 1.29 is 46.1 Å². The van der Waals surface area contributed by atoms with Crippen molar-refractivity contribution in [1.29, 1.82) is 0 Å². The largest absolute Gasteiger partial charge is 0.490 e. The first-order valence-electron chi connectivity index (χ1n) is 9.13. The zero-order chi connectivity index (χ0) is 25.4. The Labute approximate surface area is 188 Å². The van der Waals surface area contributed by atoms with E-state index in [-0.39, 0.29) is 0 Å². The second kappa shape index (κ2) is 12.0. The van der Waals surface area contributed by atoms with Gasteiger partial charge < -0.3 is 19.7 Å². The van der Waals surface area contributed by atoms with Gasteiger partial charge in [-0.05, 0) is 36.5 Å². The van der Waals surface area contributed by atoms with Gasteiger partial charge in [-0.3, -0.25) is 4.90 Å². The molecule has 33 heavy (non-hydrogen) atoms. The summed E-state index contributed by atoms with van der Waals surface area (Å²) < 4.78 is 65.8. The van der Waals surface area contributed by atoms with Crippen LogP contribution in [0.15, 0.2) is 23.0 Å². The summed E-state index contributed by atoms with van der Waals surface area (Å²) in [5.41, 5.74) is 2.59. The van der Waals surface area contributed by atoms with Gasteiger partial charge in [0, 0.05) is 32.4 Å². The molecule has 0 unspecified atom stereocenters. The monoisotopic (exact) mass is 504 g/mol. The van der Waals surface area contributed by atoms with E-state index in [0.29, 0.717) is 0 Å². The number of rotatable bonds is 4. The zero-order valence-corrected chi connectivity index (χ0v) is 18.3. The minimum atomic E-state index is -5.08. The molecule has 1 aliphatic heterocycles. The lowest BCUT2D eigenvalue weighted by Crippen LogP contribution is -2.33. The van der Waals surface area contributed by atoms with Crippen LogP contribution in [0.5, 0.6) is 0 Å². The highest BCUT2D eigenvalue weighted by Crippen LogP contribution is 2.17. The van der Waals surface area contributed by atoms with E-state index in [1.807, 2.05) is 0 Å². The molecule has 186 valence electrons. The Balaban J connectivity index is 0.000000324. The number of aromatic nitrogens is 2. The predicted octanol–water partition coefficient (Wildman–Crippen LogP) is 3.29. The molecule has 0 radical (unpaired) electrons. The van der Waals surface area contributed by atoms with Gasteiger partial charge in [0.25, 0.3) is 0 Å². The molecule has 0 amide bonds. The van der Waals surface area contributed by atoms with E-state index in [4.69, 9.17) is 24.8 Å². The van der Waals surface area contributed by atoms with Crippen molar-refractivity contribution >= 4 is 23.3 Å². The normalized spacial score (nSPS) is 14.0. The third kappa shape index (κ3) is 10.7. The molecule has 2 aromatic heterocycles. The maximum absolute atomic E-state index is 10.6. The lowest BCUT2D eigenvalue weighted by Gasteiger charge is -2.27. The number of nitrogens with zero attached hydrogens (tertiary/aromatic N) is 4. The van der Waals surface area contributed by atoms with Gasteiger partial charge >= 0.3 is 24.3 Å². The standard InChI is InChI=1S/C14H20N4S.2C2HF3O2/c1-16(2)8-13-9-18-5-4-17(10-14(18)15-13)7-12-3-6-19-11-12;2*3-2(4,5)1(6)7/h3,6,9,11H,4-5,7-8,10H2,1-2H3;2*(H,6,7). The van der Waals surface area contributed by atoms with Crippen LogP contribution in [0.25, 0.3) is 0 Å². The molecular weight excluding hydrogens is 482 g/mol. The van der Waals surface area contributed by atoms with Crippen molar-refractivity contribution in [2.45, 2.75) is 38.5 Å². The molecule has 8 nitrogen and oxygen atoms in total. The minimum Gasteiger partial charge on any atom is -0.475 e. The Kier molecular flexibility index (Phi) is 10.3. The number of alkyl halides is 6. The maximum Gasteiger partial charge on any atom is 0.490 e. The molecule has 1 aliphatic rings. The molecule has 3 heterocycles. The quantitative estimate of drug-likeness (QED) is 0.617. The van der Waals surface area contributed by atoms with Gasteiger partial charge in [0.05, 0.1) is 12.2 Å². The van der Waals surface area contributed by atoms with Crippen LogP contribution in [-0.4, -0.2) is 74.5 Å². The van der Waals surface area contributed by atoms with Gasteiger partial charge in [-0.2, -0.15) is 37.7 Å². The number of carboxylic acid groups (broad SMARTS) is 2. The van der Waals surface area contributed by atoms with Crippen molar-refractivity contribution in [1.82, 2.24) is 19.4 Å². The number of hydrogen-bond acceptors (Lipinski definition) is 6. The van der Waals surface area contributed by atoms with E-state index < -0.39 is 24.3 Å². The highest BCUT2D eigenvalue weighted by Gasteiger charge is 2.38. The van der Waals surface area contributed by atoms with Gasteiger partial charge in [-0.25, -0.2) is 14.6 Å². The maximum atomic E-state index is 10.6. The molecule has 0 aromatic carbocycles. The van der Waals surface area contributed by atoms with Crippen LogP contribution in [0, 0.1) is 0 Å². The van der Waals surface area contributed by atoms with Gasteiger partial charge in [0.15, 0.2) is 0 Å². The van der Waals surface area contributed by atoms with Gasteiger partial charge in [-0.15, -0.1) is 0 Å². The molecule has 0 aliphatic carbocycles. The van der Waals surface area contributed by atoms with Crippen LogP contribution >= 0.6 is 11.3 Å². The molecule has 0 fully saturated rings. The molecule has 0 saturated heterocycles. The third-order valence-corrected chi connectivity index (χ3v) is 4.61. The van der Waals surface area contributed by atoms with Crippen molar-refractivity contribution in [2.75, 3.05) is 20.6 Å². The average Bonchev–Trinajstić information content (AvgIpc) is 3.29. The van der Waals surface area contributed by atoms with Gasteiger partial charge in [-0.1, -0.05) is 0 Å². The van der Waals surface area contributed by atoms with Crippen LogP contribution in [0.3, 0.4) is 0 Å². The molecular formula is C18H22F6N4O4S. The van der Waals surface area contributed by atoms with Crippen molar-refractivity contribution in [3.63, 3.8) is 0 Å². The Morgan fingerprint density at radius 2 is 1.64 bits per heavy atom. The first-order valence-corrected chi connectivity index (χ1v) is 10.1. The van der Waals surface area contributed by atoms with E-state index in [0.717, 1.165) is 32.7 Å². The number of hydrogen-bond donors (Lipinski definition) is 2. The highest BCUT2D eigenvalue weighted by atomic mass is 32.1. The van der Waals surface area contributed by atoms with E-state index >= 15 is 0 Å². The highest BCUT2D eigenvalue weighted by molar-refractivity contribution is 7.07. The van der Waals surface area contributed by atoms with Crippen LogP contribution in [0.4, 0.5) is 26.3 Å². The first kappa shape index (κ1) is 28.4. The predicted molar refractivity (Wildman–Crippen MR) is 105 cm³/mol. The Hall–Kier alpha value is -2.65. The summed E-state index contributed by atoms with van der Waals surface area (Å²) in [4.78, 5) is 27.2. The molecule has 0 saturated carbocycles. The number of halogens is 6. The number of carbonyl (C=O) groups is 2. The first-order chi connectivity index (χ1) is 15.1. The molecule has 2 N–H and O–H groups in total. The van der Waals surface area contributed by atoms with Crippen LogP contribution in [-0.2, 0) is 35.8 Å². The van der Waals surface area contributed by atoms with E-state index in [2.05, 4.69) is 51.5 Å². The second-order valence-corrected chi connectivity index (χ2v) is 7.81. The topological polar surface area (TPSA) is 98.9 Å². The number of aliphatic carboxylic acids is 2. The number of fused-ring (bicyclic) bond motifs is 1. The van der Waals surface area contributed by atoms with E-state index in [1.54, 1.807) is 11.3 Å². The number of imidazole rings is 1. The molecule has 0 atom stereocenters. The summed E-state index contributed by atoms with van der Waals surface area (Å²) in [6.07, 6.45) is -7.96. The summed E-state index contributed by atoms with van der Waals surface area (Å²) in [7, 11) is 4.17. The minimum absolute atomic E-state index is 0.921. The Morgan fingerprint density at radius 1 is 1.09 bits per heavy atom. The van der Waals surface area contributed by atoms with Crippen LogP contribution in [0.2, 0.25) is 0 Å². The molecule has 15 heteroatoms.